The van der Waals surface area contributed by atoms with Crippen LogP contribution in [0.15, 0.2) is 0 Å². The number of aliphatic carboxylic acids is 1. The van der Waals surface area contributed by atoms with Gasteiger partial charge in [0.25, 0.3) is 0 Å². The summed E-state index contributed by atoms with van der Waals surface area (Å²) in [6.07, 6.45) is -0.497. The zero-order valence-corrected chi connectivity index (χ0v) is 12.2. The average Bonchev–Trinajstić information content (AvgIpc) is 2.12. The fourth-order valence-corrected chi connectivity index (χ4v) is 2.12. The highest BCUT2D eigenvalue weighted by Gasteiger charge is 2.43. The number of Topliss-reactive ketones (excluding diaryl/α,β-unsaturated/α-hetero) is 1. The van der Waals surface area contributed by atoms with Gasteiger partial charge in [-0.05, 0) is 6.42 Å². The molecule has 0 saturated heterocycles. The van der Waals surface area contributed by atoms with E-state index < -0.39 is 29.9 Å². The Kier molecular flexibility index (Phi) is 6.62. The lowest BCUT2D eigenvalue weighted by molar-refractivity contribution is -0.875. The summed E-state index contributed by atoms with van der Waals surface area (Å²) in [6, 6.07) is 0. The molecule has 0 aromatic heterocycles. The van der Waals surface area contributed by atoms with Crippen molar-refractivity contribution in [3.05, 3.63) is 0 Å². The lowest BCUT2D eigenvalue weighted by Crippen LogP contribution is -2.55. The first-order valence-electron chi connectivity index (χ1n) is 6.46. The third kappa shape index (κ3) is 7.25. The van der Waals surface area contributed by atoms with Crippen molar-refractivity contribution in [2.24, 2.45) is 0 Å². The van der Waals surface area contributed by atoms with Crippen molar-refractivity contribution >= 4 is 11.8 Å². The Morgan fingerprint density at radius 1 is 1.26 bits per heavy atom. The normalized spacial score (nSPS) is 16.7. The lowest BCUT2D eigenvalue weighted by Gasteiger charge is -2.34. The Bertz CT molecular complexity index is 323. The largest absolute Gasteiger partial charge is 0.481 e. The van der Waals surface area contributed by atoms with Crippen molar-refractivity contribution in [1.82, 2.24) is 0 Å². The number of nitrogens with zero attached hydrogens (tertiary/aromatic N) is 1. The number of carboxylic acid groups (broad SMARTS) is 1. The quantitative estimate of drug-likeness (QED) is 0.516. The molecule has 0 amide bonds. The van der Waals surface area contributed by atoms with Crippen LogP contribution in [-0.4, -0.2) is 70.9 Å². The monoisotopic (exact) mass is 276 g/mol. The van der Waals surface area contributed by atoms with E-state index in [9.17, 15) is 19.8 Å². The van der Waals surface area contributed by atoms with Gasteiger partial charge in [-0.3, -0.25) is 9.59 Å². The topological polar surface area (TPSA) is 94.8 Å². The van der Waals surface area contributed by atoms with Crippen LogP contribution in [0, 0.1) is 0 Å². The molecule has 0 aliphatic heterocycles. The molecule has 3 N–H and O–H groups in total. The second-order valence-corrected chi connectivity index (χ2v) is 6.12. The molecule has 0 aliphatic rings. The van der Waals surface area contributed by atoms with Gasteiger partial charge in [0.2, 0.25) is 0 Å². The van der Waals surface area contributed by atoms with Crippen molar-refractivity contribution in [1.29, 1.82) is 0 Å². The summed E-state index contributed by atoms with van der Waals surface area (Å²) >= 11 is 0. The maximum Gasteiger partial charge on any atom is 0.306 e. The standard InChI is InChI=1S/C13H25NO5/c1-5-6-10(15)7-11(16)13(19,8-12(17)18)9-14(2,3)4/h10,15,19H,5-9H2,1-4H3/p+1. The van der Waals surface area contributed by atoms with E-state index in [1.807, 2.05) is 6.92 Å². The SMILES string of the molecule is CCCC(O)CC(=O)C(O)(CC(=O)O)C[N+](C)(C)C. The first kappa shape index (κ1) is 18.0. The van der Waals surface area contributed by atoms with Gasteiger partial charge < -0.3 is 19.8 Å². The van der Waals surface area contributed by atoms with E-state index in [-0.39, 0.29) is 17.4 Å². The van der Waals surface area contributed by atoms with Gasteiger partial charge in [0.15, 0.2) is 11.4 Å². The fraction of sp³-hybridized carbons (Fsp3) is 0.846. The van der Waals surface area contributed by atoms with E-state index in [2.05, 4.69) is 0 Å². The summed E-state index contributed by atoms with van der Waals surface area (Å²) in [6.45, 7) is 1.88. The number of carbonyl (C=O) groups is 2. The highest BCUT2D eigenvalue weighted by atomic mass is 16.4. The maximum atomic E-state index is 12.1. The van der Waals surface area contributed by atoms with Crippen LogP contribution in [0.4, 0.5) is 0 Å². The highest BCUT2D eigenvalue weighted by Crippen LogP contribution is 2.19. The molecular weight excluding hydrogens is 250 g/mol. The Morgan fingerprint density at radius 3 is 2.16 bits per heavy atom. The highest BCUT2D eigenvalue weighted by molar-refractivity contribution is 5.91. The number of aliphatic hydroxyl groups excluding tert-OH is 1. The molecular formula is C13H26NO5+. The van der Waals surface area contributed by atoms with E-state index >= 15 is 0 Å². The Hall–Kier alpha value is -0.980. The van der Waals surface area contributed by atoms with Crippen LogP contribution in [0.25, 0.3) is 0 Å². The molecule has 6 heteroatoms. The molecule has 112 valence electrons. The first-order valence-corrected chi connectivity index (χ1v) is 6.46. The van der Waals surface area contributed by atoms with Gasteiger partial charge >= 0.3 is 5.97 Å². The predicted molar refractivity (Wildman–Crippen MR) is 70.6 cm³/mol. The van der Waals surface area contributed by atoms with Crippen LogP contribution in [0.3, 0.4) is 0 Å². The number of ketones is 1. The van der Waals surface area contributed by atoms with E-state index in [1.54, 1.807) is 21.1 Å². The van der Waals surface area contributed by atoms with Crippen LogP contribution >= 0.6 is 0 Å². The molecule has 0 radical (unpaired) electrons. The van der Waals surface area contributed by atoms with Gasteiger partial charge in [-0.1, -0.05) is 13.3 Å². The van der Waals surface area contributed by atoms with Crippen molar-refractivity contribution in [2.45, 2.75) is 44.3 Å². The summed E-state index contributed by atoms with van der Waals surface area (Å²) in [5, 5.41) is 28.8. The van der Waals surface area contributed by atoms with Crippen molar-refractivity contribution in [3.63, 3.8) is 0 Å². The Balaban J connectivity index is 4.92. The number of carboxylic acids is 1. The smallest absolute Gasteiger partial charge is 0.306 e. The molecule has 0 spiro atoms. The van der Waals surface area contributed by atoms with Crippen LogP contribution in [0.1, 0.15) is 32.6 Å². The number of aliphatic hydroxyl groups is 2. The third-order valence-corrected chi connectivity index (χ3v) is 2.74. The third-order valence-electron chi connectivity index (χ3n) is 2.74. The molecule has 0 heterocycles. The van der Waals surface area contributed by atoms with Crippen LogP contribution in [0.5, 0.6) is 0 Å². The van der Waals surface area contributed by atoms with Gasteiger partial charge in [-0.25, -0.2) is 0 Å². The van der Waals surface area contributed by atoms with Gasteiger partial charge in [-0.2, -0.15) is 0 Å². The molecule has 0 rings (SSSR count). The van der Waals surface area contributed by atoms with E-state index in [1.165, 1.54) is 0 Å². The van der Waals surface area contributed by atoms with Crippen LogP contribution < -0.4 is 0 Å². The summed E-state index contributed by atoms with van der Waals surface area (Å²) < 4.78 is 0.263. The minimum absolute atomic E-state index is 0.00300. The van der Waals surface area contributed by atoms with Crippen molar-refractivity contribution in [3.8, 4) is 0 Å². The molecule has 0 bridgehead atoms. The lowest BCUT2D eigenvalue weighted by atomic mass is 9.89. The Morgan fingerprint density at radius 2 is 1.79 bits per heavy atom. The fourth-order valence-electron chi connectivity index (χ4n) is 2.12. The summed E-state index contributed by atoms with van der Waals surface area (Å²) in [7, 11) is 5.30. The first-order chi connectivity index (χ1) is 8.50. The molecule has 0 aromatic rings. The number of rotatable bonds is 9. The van der Waals surface area contributed by atoms with Crippen LogP contribution in [-0.2, 0) is 9.59 Å². The van der Waals surface area contributed by atoms with E-state index in [0.717, 1.165) is 6.42 Å². The second-order valence-electron chi connectivity index (χ2n) is 6.12. The molecule has 0 saturated carbocycles. The zero-order chi connectivity index (χ0) is 15.3. The summed E-state index contributed by atoms with van der Waals surface area (Å²) in [5.41, 5.74) is -1.93. The minimum atomic E-state index is -1.93. The number of carbonyl (C=O) groups excluding carboxylic acids is 1. The molecule has 2 atom stereocenters. The van der Waals surface area contributed by atoms with E-state index in [4.69, 9.17) is 5.11 Å². The second kappa shape index (κ2) is 6.98. The number of quaternary nitrogens is 1. The van der Waals surface area contributed by atoms with Crippen molar-refractivity contribution < 1.29 is 29.4 Å². The van der Waals surface area contributed by atoms with Crippen molar-refractivity contribution in [2.75, 3.05) is 27.7 Å². The van der Waals surface area contributed by atoms with Crippen LogP contribution in [0.2, 0.25) is 0 Å². The molecule has 6 nitrogen and oxygen atoms in total. The molecule has 0 fully saturated rings. The Labute approximate surface area is 114 Å². The minimum Gasteiger partial charge on any atom is -0.481 e. The molecule has 0 aliphatic carbocycles. The van der Waals surface area contributed by atoms with Gasteiger partial charge in [0.05, 0.1) is 33.7 Å². The molecule has 19 heavy (non-hydrogen) atoms. The van der Waals surface area contributed by atoms with Gasteiger partial charge in [0, 0.05) is 6.42 Å². The molecule has 2 unspecified atom stereocenters. The maximum absolute atomic E-state index is 12.1. The predicted octanol–water partition coefficient (Wildman–Crippen LogP) is 0.0186. The molecule has 0 aromatic carbocycles. The van der Waals surface area contributed by atoms with Gasteiger partial charge in [-0.15, -0.1) is 0 Å². The number of likely N-dealkylation sites (N-methyl/N-ethyl adjacent to an activating group) is 1. The number of hydrogen-bond acceptors (Lipinski definition) is 4. The zero-order valence-electron chi connectivity index (χ0n) is 12.2. The number of hydrogen-bond donors (Lipinski definition) is 3. The van der Waals surface area contributed by atoms with Gasteiger partial charge in [0.1, 0.15) is 6.54 Å². The average molecular weight is 276 g/mol. The summed E-state index contributed by atoms with van der Waals surface area (Å²) in [4.78, 5) is 22.9. The van der Waals surface area contributed by atoms with E-state index in [0.29, 0.717) is 6.42 Å². The summed E-state index contributed by atoms with van der Waals surface area (Å²) in [5.74, 6) is -1.84.